The van der Waals surface area contributed by atoms with Crippen molar-refractivity contribution in [3.05, 3.63) is 29.0 Å². The lowest BCUT2D eigenvalue weighted by Gasteiger charge is -2.19. The minimum atomic E-state index is -1.04. The molecule has 0 heterocycles. The van der Waals surface area contributed by atoms with Gasteiger partial charge in [0, 0.05) is 18.7 Å². The molecule has 0 aliphatic rings. The highest BCUT2D eigenvalue weighted by Gasteiger charge is 2.19. The van der Waals surface area contributed by atoms with Crippen LogP contribution in [0.2, 0.25) is 5.02 Å². The SMILES string of the molecule is C[C@H](OC(=O)CCCNC(=O)OC(C)(C)C)C(=O)Nc1ccc(F)c(Cl)c1. The third-order valence-electron chi connectivity index (χ3n) is 3.09. The van der Waals surface area contributed by atoms with Crippen molar-refractivity contribution in [2.24, 2.45) is 0 Å². The molecule has 0 bridgehead atoms. The largest absolute Gasteiger partial charge is 0.453 e. The number of carbonyl (C=O) groups is 3. The number of alkyl carbamates (subject to hydrolysis) is 1. The van der Waals surface area contributed by atoms with Crippen LogP contribution in [0.4, 0.5) is 14.9 Å². The minimum absolute atomic E-state index is 0.0236. The molecule has 0 spiro atoms. The van der Waals surface area contributed by atoms with Gasteiger partial charge in [-0.25, -0.2) is 9.18 Å². The van der Waals surface area contributed by atoms with E-state index in [4.69, 9.17) is 21.1 Å². The summed E-state index contributed by atoms with van der Waals surface area (Å²) in [5, 5.41) is 4.87. The molecule has 1 aromatic rings. The highest BCUT2D eigenvalue weighted by molar-refractivity contribution is 6.31. The first-order chi connectivity index (χ1) is 12.5. The Morgan fingerprint density at radius 3 is 2.52 bits per heavy atom. The molecule has 0 saturated heterocycles. The van der Waals surface area contributed by atoms with Gasteiger partial charge in [-0.3, -0.25) is 9.59 Å². The Bertz CT molecular complexity index is 691. The fourth-order valence-corrected chi connectivity index (χ4v) is 2.05. The van der Waals surface area contributed by atoms with Crippen molar-refractivity contribution in [2.75, 3.05) is 11.9 Å². The molecule has 7 nitrogen and oxygen atoms in total. The van der Waals surface area contributed by atoms with Crippen molar-refractivity contribution in [1.29, 1.82) is 0 Å². The zero-order chi connectivity index (χ0) is 20.6. The van der Waals surface area contributed by atoms with Gasteiger partial charge in [-0.05, 0) is 52.3 Å². The van der Waals surface area contributed by atoms with Gasteiger partial charge in [-0.1, -0.05) is 11.6 Å². The van der Waals surface area contributed by atoms with Crippen LogP contribution in [0.5, 0.6) is 0 Å². The maximum atomic E-state index is 13.1. The number of ether oxygens (including phenoxy) is 2. The van der Waals surface area contributed by atoms with Crippen molar-refractivity contribution in [1.82, 2.24) is 5.32 Å². The van der Waals surface area contributed by atoms with E-state index in [0.29, 0.717) is 6.42 Å². The molecule has 150 valence electrons. The van der Waals surface area contributed by atoms with Crippen LogP contribution in [-0.2, 0) is 19.1 Å². The van der Waals surface area contributed by atoms with Gasteiger partial charge in [-0.15, -0.1) is 0 Å². The van der Waals surface area contributed by atoms with E-state index in [9.17, 15) is 18.8 Å². The highest BCUT2D eigenvalue weighted by atomic mass is 35.5. The number of hydrogen-bond acceptors (Lipinski definition) is 5. The number of esters is 1. The first kappa shape index (κ1) is 22.7. The topological polar surface area (TPSA) is 93.7 Å². The summed E-state index contributed by atoms with van der Waals surface area (Å²) in [6.45, 7) is 6.89. The molecule has 0 aliphatic carbocycles. The second-order valence-corrected chi connectivity index (χ2v) is 7.19. The Hall–Kier alpha value is -2.35. The van der Waals surface area contributed by atoms with Crippen LogP contribution in [0, 0.1) is 5.82 Å². The second kappa shape index (κ2) is 10.1. The van der Waals surface area contributed by atoms with Gasteiger partial charge in [0.2, 0.25) is 0 Å². The standard InChI is InChI=1S/C18H24ClFN2O5/c1-11(16(24)22-12-7-8-14(20)13(19)10-12)26-15(23)6-5-9-21-17(25)27-18(2,3)4/h7-8,10-11H,5-6,9H2,1-4H3,(H,21,25)(H,22,24)/t11-/m0/s1. The predicted octanol–water partition coefficient (Wildman–Crippen LogP) is 3.65. The van der Waals surface area contributed by atoms with Crippen LogP contribution in [0.3, 0.4) is 0 Å². The normalized spacial score (nSPS) is 12.1. The first-order valence-corrected chi connectivity index (χ1v) is 8.78. The van der Waals surface area contributed by atoms with Crippen molar-refractivity contribution in [3.8, 4) is 0 Å². The van der Waals surface area contributed by atoms with Gasteiger partial charge in [0.25, 0.3) is 5.91 Å². The summed E-state index contributed by atoms with van der Waals surface area (Å²) in [6.07, 6.45) is -1.25. The van der Waals surface area contributed by atoms with Crippen LogP contribution in [-0.4, -0.2) is 36.2 Å². The molecule has 2 amide bonds. The summed E-state index contributed by atoms with van der Waals surface area (Å²) in [4.78, 5) is 35.2. The number of halogens is 2. The van der Waals surface area contributed by atoms with E-state index in [-0.39, 0.29) is 23.7 Å². The Morgan fingerprint density at radius 2 is 1.93 bits per heavy atom. The number of rotatable bonds is 7. The molecule has 2 N–H and O–H groups in total. The highest BCUT2D eigenvalue weighted by Crippen LogP contribution is 2.19. The van der Waals surface area contributed by atoms with Crippen LogP contribution in [0.1, 0.15) is 40.5 Å². The third kappa shape index (κ3) is 9.23. The molecule has 1 rings (SSSR count). The molecular formula is C18H24ClFN2O5. The molecule has 1 aromatic carbocycles. The number of benzene rings is 1. The fraction of sp³-hybridized carbons (Fsp3) is 0.500. The Kier molecular flexibility index (Phi) is 8.49. The summed E-state index contributed by atoms with van der Waals surface area (Å²) in [6, 6.07) is 3.72. The Morgan fingerprint density at radius 1 is 1.26 bits per heavy atom. The Labute approximate surface area is 162 Å². The number of anilines is 1. The summed E-state index contributed by atoms with van der Waals surface area (Å²) < 4.78 is 23.2. The maximum absolute atomic E-state index is 13.1. The monoisotopic (exact) mass is 402 g/mol. The van der Waals surface area contributed by atoms with Crippen LogP contribution in [0.15, 0.2) is 18.2 Å². The van der Waals surface area contributed by atoms with Gasteiger partial charge in [0.1, 0.15) is 11.4 Å². The van der Waals surface area contributed by atoms with Gasteiger partial charge in [-0.2, -0.15) is 0 Å². The van der Waals surface area contributed by atoms with Crippen molar-refractivity contribution < 1.29 is 28.2 Å². The number of hydrogen-bond donors (Lipinski definition) is 2. The van der Waals surface area contributed by atoms with E-state index in [1.807, 2.05) is 0 Å². The summed E-state index contributed by atoms with van der Waals surface area (Å²) in [5.41, 5.74) is -0.309. The molecule has 0 fully saturated rings. The second-order valence-electron chi connectivity index (χ2n) is 6.78. The smallest absolute Gasteiger partial charge is 0.407 e. The molecule has 0 unspecified atom stereocenters. The molecule has 0 radical (unpaired) electrons. The average Bonchev–Trinajstić information content (AvgIpc) is 2.53. The van der Waals surface area contributed by atoms with Crippen LogP contribution < -0.4 is 10.6 Å². The van der Waals surface area contributed by atoms with E-state index >= 15 is 0 Å². The molecular weight excluding hydrogens is 379 g/mol. The van der Waals surface area contributed by atoms with Crippen molar-refractivity contribution in [3.63, 3.8) is 0 Å². The van der Waals surface area contributed by atoms with Gasteiger partial charge < -0.3 is 20.1 Å². The number of carbonyl (C=O) groups excluding carboxylic acids is 3. The van der Waals surface area contributed by atoms with Gasteiger partial charge in [0.15, 0.2) is 6.10 Å². The van der Waals surface area contributed by atoms with E-state index in [0.717, 1.165) is 6.07 Å². The molecule has 0 aromatic heterocycles. The first-order valence-electron chi connectivity index (χ1n) is 8.40. The fourth-order valence-electron chi connectivity index (χ4n) is 1.86. The summed E-state index contributed by atoms with van der Waals surface area (Å²) >= 11 is 5.64. The maximum Gasteiger partial charge on any atom is 0.407 e. The van der Waals surface area contributed by atoms with E-state index in [2.05, 4.69) is 10.6 Å². The number of nitrogens with one attached hydrogen (secondary N) is 2. The molecule has 0 saturated carbocycles. The van der Waals surface area contributed by atoms with Crippen LogP contribution in [0.25, 0.3) is 0 Å². The lowest BCUT2D eigenvalue weighted by Crippen LogP contribution is -2.33. The molecule has 1 atom stereocenters. The lowest BCUT2D eigenvalue weighted by molar-refractivity contribution is -0.153. The zero-order valence-corrected chi connectivity index (χ0v) is 16.5. The summed E-state index contributed by atoms with van der Waals surface area (Å²) in [7, 11) is 0. The average molecular weight is 403 g/mol. The number of amides is 2. The van der Waals surface area contributed by atoms with E-state index in [1.165, 1.54) is 19.1 Å². The zero-order valence-electron chi connectivity index (χ0n) is 15.7. The van der Waals surface area contributed by atoms with Crippen LogP contribution >= 0.6 is 11.6 Å². The van der Waals surface area contributed by atoms with Crippen molar-refractivity contribution >= 4 is 35.3 Å². The summed E-state index contributed by atoms with van der Waals surface area (Å²) in [5.74, 6) is -1.76. The molecule has 9 heteroatoms. The lowest BCUT2D eigenvalue weighted by atomic mass is 10.2. The molecule has 27 heavy (non-hydrogen) atoms. The minimum Gasteiger partial charge on any atom is -0.453 e. The van der Waals surface area contributed by atoms with Crippen molar-refractivity contribution in [2.45, 2.75) is 52.2 Å². The third-order valence-corrected chi connectivity index (χ3v) is 3.38. The predicted molar refractivity (Wildman–Crippen MR) is 99.1 cm³/mol. The van der Waals surface area contributed by atoms with E-state index < -0.39 is 35.5 Å². The Balaban J connectivity index is 2.31. The van der Waals surface area contributed by atoms with Gasteiger partial charge >= 0.3 is 12.1 Å². The molecule has 0 aliphatic heterocycles. The van der Waals surface area contributed by atoms with Gasteiger partial charge in [0.05, 0.1) is 5.02 Å². The quantitative estimate of drug-likeness (QED) is 0.536. The van der Waals surface area contributed by atoms with E-state index in [1.54, 1.807) is 20.8 Å².